The van der Waals surface area contributed by atoms with Gasteiger partial charge in [0.15, 0.2) is 17.6 Å². The van der Waals surface area contributed by atoms with E-state index in [9.17, 15) is 9.59 Å². The maximum Gasteiger partial charge on any atom is 0.310 e. The Morgan fingerprint density at radius 2 is 1.54 bits per heavy atom. The molecule has 0 radical (unpaired) electrons. The lowest BCUT2D eigenvalue weighted by Crippen LogP contribution is -2.25. The molecule has 5 nitrogen and oxygen atoms in total. The van der Waals surface area contributed by atoms with Gasteiger partial charge in [-0.1, -0.05) is 51.1 Å². The normalized spacial score (nSPS) is 12.2. The van der Waals surface area contributed by atoms with Crippen LogP contribution in [-0.4, -0.2) is 32.1 Å². The van der Waals surface area contributed by atoms with Gasteiger partial charge in [0.05, 0.1) is 20.6 Å². The van der Waals surface area contributed by atoms with E-state index < -0.39 is 12.1 Å². The minimum atomic E-state index is -0.854. The highest BCUT2D eigenvalue weighted by Gasteiger charge is 2.21. The molecular weight excluding hydrogens is 356 g/mol. The number of ketones is 1. The van der Waals surface area contributed by atoms with Crippen LogP contribution in [0.25, 0.3) is 0 Å². The van der Waals surface area contributed by atoms with E-state index >= 15 is 0 Å². The lowest BCUT2D eigenvalue weighted by Gasteiger charge is -2.19. The topological polar surface area (TPSA) is 61.8 Å². The average Bonchev–Trinajstić information content (AvgIpc) is 2.66. The highest BCUT2D eigenvalue weighted by Crippen LogP contribution is 2.28. The number of rotatable bonds is 7. The number of esters is 1. The van der Waals surface area contributed by atoms with Crippen molar-refractivity contribution >= 4 is 11.8 Å². The number of methoxy groups -OCH3 is 2. The number of carbonyl (C=O) groups is 2. The van der Waals surface area contributed by atoms with Crippen LogP contribution in [0.2, 0.25) is 0 Å². The summed E-state index contributed by atoms with van der Waals surface area (Å²) in [4.78, 5) is 24.8. The Kier molecular flexibility index (Phi) is 6.84. The lowest BCUT2D eigenvalue weighted by molar-refractivity contribution is -0.145. The third-order valence-electron chi connectivity index (χ3n) is 4.51. The summed E-state index contributed by atoms with van der Waals surface area (Å²) in [5.41, 5.74) is 2.40. The summed E-state index contributed by atoms with van der Waals surface area (Å²) in [5.74, 6) is 0.429. The van der Waals surface area contributed by atoms with Crippen molar-refractivity contribution in [2.45, 2.75) is 45.6 Å². The molecule has 0 aliphatic heterocycles. The molecule has 0 aromatic heterocycles. The molecule has 1 atom stereocenters. The number of hydrogen-bond acceptors (Lipinski definition) is 5. The van der Waals surface area contributed by atoms with Gasteiger partial charge in [0.1, 0.15) is 0 Å². The molecule has 5 heteroatoms. The number of hydrogen-bond donors (Lipinski definition) is 0. The molecule has 0 aliphatic rings. The summed E-state index contributed by atoms with van der Waals surface area (Å²) < 4.78 is 15.8. The molecule has 0 bridgehead atoms. The van der Waals surface area contributed by atoms with Crippen molar-refractivity contribution in [3.63, 3.8) is 0 Å². The zero-order valence-electron chi connectivity index (χ0n) is 17.4. The monoisotopic (exact) mass is 384 g/mol. The van der Waals surface area contributed by atoms with E-state index in [4.69, 9.17) is 14.2 Å². The maximum absolute atomic E-state index is 12.6. The fourth-order valence-electron chi connectivity index (χ4n) is 2.82. The van der Waals surface area contributed by atoms with Crippen molar-refractivity contribution in [3.05, 3.63) is 59.2 Å². The standard InChI is InChI=1S/C23H28O5/c1-15(22(25)17-8-10-18(11-9-17)23(2,3)4)28-21(24)14-16-7-12-19(26-5)20(13-16)27-6/h7-13,15H,14H2,1-6H3/t15-/m0/s1. The molecule has 0 N–H and O–H groups in total. The van der Waals surface area contributed by atoms with Crippen LogP contribution in [-0.2, 0) is 21.4 Å². The van der Waals surface area contributed by atoms with Crippen LogP contribution in [0, 0.1) is 0 Å². The molecule has 2 rings (SSSR count). The molecule has 0 aliphatic carbocycles. The van der Waals surface area contributed by atoms with Gasteiger partial charge in [-0.3, -0.25) is 9.59 Å². The maximum atomic E-state index is 12.6. The number of benzene rings is 2. The Labute approximate surface area is 166 Å². The van der Waals surface area contributed by atoms with Crippen LogP contribution in [0.4, 0.5) is 0 Å². The van der Waals surface area contributed by atoms with Gasteiger partial charge in [0, 0.05) is 5.56 Å². The summed E-state index contributed by atoms with van der Waals surface area (Å²) in [5, 5.41) is 0. The van der Waals surface area contributed by atoms with Crippen molar-refractivity contribution in [2.24, 2.45) is 0 Å². The fraction of sp³-hybridized carbons (Fsp3) is 0.391. The molecule has 0 unspecified atom stereocenters. The number of ether oxygens (including phenoxy) is 3. The quantitative estimate of drug-likeness (QED) is 0.524. The van der Waals surface area contributed by atoms with Crippen molar-refractivity contribution in [2.75, 3.05) is 14.2 Å². The van der Waals surface area contributed by atoms with E-state index in [2.05, 4.69) is 20.8 Å². The van der Waals surface area contributed by atoms with Crippen molar-refractivity contribution < 1.29 is 23.8 Å². The fourth-order valence-corrected chi connectivity index (χ4v) is 2.82. The molecule has 2 aromatic rings. The minimum absolute atomic E-state index is 0.0130. The van der Waals surface area contributed by atoms with Gasteiger partial charge in [-0.15, -0.1) is 0 Å². The Hall–Kier alpha value is -2.82. The molecule has 28 heavy (non-hydrogen) atoms. The molecule has 0 heterocycles. The van der Waals surface area contributed by atoms with Crippen molar-refractivity contribution in [1.29, 1.82) is 0 Å². The van der Waals surface area contributed by atoms with Gasteiger partial charge in [0.2, 0.25) is 5.78 Å². The zero-order valence-corrected chi connectivity index (χ0v) is 17.4. The third-order valence-corrected chi connectivity index (χ3v) is 4.51. The first-order chi connectivity index (χ1) is 13.2. The summed E-state index contributed by atoms with van der Waals surface area (Å²) >= 11 is 0. The van der Waals surface area contributed by atoms with Crippen molar-refractivity contribution in [1.82, 2.24) is 0 Å². The Balaban J connectivity index is 2.01. The molecule has 0 amide bonds. The highest BCUT2D eigenvalue weighted by molar-refractivity contribution is 6.00. The first-order valence-electron chi connectivity index (χ1n) is 9.21. The second-order valence-electron chi connectivity index (χ2n) is 7.69. The van der Waals surface area contributed by atoms with Gasteiger partial charge in [-0.05, 0) is 35.6 Å². The van der Waals surface area contributed by atoms with Gasteiger partial charge in [-0.25, -0.2) is 0 Å². The van der Waals surface area contributed by atoms with Gasteiger partial charge in [0.25, 0.3) is 0 Å². The lowest BCUT2D eigenvalue weighted by atomic mass is 9.86. The largest absolute Gasteiger partial charge is 0.493 e. The average molecular weight is 384 g/mol. The molecule has 150 valence electrons. The first kappa shape index (κ1) is 21.5. The second-order valence-corrected chi connectivity index (χ2v) is 7.69. The van der Waals surface area contributed by atoms with E-state index in [0.29, 0.717) is 17.1 Å². The minimum Gasteiger partial charge on any atom is -0.493 e. The van der Waals surface area contributed by atoms with Gasteiger partial charge in [-0.2, -0.15) is 0 Å². The SMILES string of the molecule is COc1ccc(CC(=O)O[C@@H](C)C(=O)c2ccc(C(C)(C)C)cc2)cc1OC. The molecule has 0 spiro atoms. The Morgan fingerprint density at radius 3 is 2.07 bits per heavy atom. The van der Waals surface area contributed by atoms with E-state index in [1.165, 1.54) is 7.11 Å². The van der Waals surface area contributed by atoms with Crippen LogP contribution in [0.15, 0.2) is 42.5 Å². The molecular formula is C23H28O5. The van der Waals surface area contributed by atoms with Crippen LogP contribution in [0.3, 0.4) is 0 Å². The smallest absolute Gasteiger partial charge is 0.310 e. The third kappa shape index (κ3) is 5.35. The van der Waals surface area contributed by atoms with Crippen LogP contribution in [0.1, 0.15) is 49.2 Å². The molecule has 0 saturated carbocycles. The summed E-state index contributed by atoms with van der Waals surface area (Å²) in [6, 6.07) is 12.6. The first-order valence-corrected chi connectivity index (χ1v) is 9.21. The molecule has 0 fully saturated rings. The summed E-state index contributed by atoms with van der Waals surface area (Å²) in [7, 11) is 3.08. The number of Topliss-reactive ketones (excluding diaryl/α,β-unsaturated/α-hetero) is 1. The number of carbonyl (C=O) groups excluding carboxylic acids is 2. The van der Waals surface area contributed by atoms with E-state index in [0.717, 1.165) is 11.1 Å². The predicted octanol–water partition coefficient (Wildman–Crippen LogP) is 4.36. The van der Waals surface area contributed by atoms with Crippen molar-refractivity contribution in [3.8, 4) is 11.5 Å². The molecule has 2 aromatic carbocycles. The molecule has 0 saturated heterocycles. The zero-order chi connectivity index (χ0) is 20.9. The highest BCUT2D eigenvalue weighted by atomic mass is 16.5. The second kappa shape index (κ2) is 8.91. The van der Waals surface area contributed by atoms with Crippen LogP contribution in [0.5, 0.6) is 11.5 Å². The van der Waals surface area contributed by atoms with E-state index in [1.807, 2.05) is 12.1 Å². The van der Waals surface area contributed by atoms with E-state index in [-0.39, 0.29) is 17.6 Å². The Morgan fingerprint density at radius 1 is 0.929 bits per heavy atom. The summed E-state index contributed by atoms with van der Waals surface area (Å²) in [6.07, 6.45) is -0.811. The van der Waals surface area contributed by atoms with Crippen LogP contribution >= 0.6 is 0 Å². The summed E-state index contributed by atoms with van der Waals surface area (Å²) in [6.45, 7) is 7.93. The predicted molar refractivity (Wildman–Crippen MR) is 108 cm³/mol. The van der Waals surface area contributed by atoms with Gasteiger partial charge >= 0.3 is 5.97 Å². The van der Waals surface area contributed by atoms with E-state index in [1.54, 1.807) is 44.4 Å². The van der Waals surface area contributed by atoms with Gasteiger partial charge < -0.3 is 14.2 Å². The Bertz CT molecular complexity index is 831. The van der Waals surface area contributed by atoms with Crippen LogP contribution < -0.4 is 9.47 Å².